The van der Waals surface area contributed by atoms with E-state index in [9.17, 15) is 0 Å². The minimum Gasteiger partial charge on any atom is -0.383 e. The molecule has 3 heterocycles. The number of hydrogen-bond acceptors (Lipinski definition) is 9. The van der Waals surface area contributed by atoms with E-state index in [4.69, 9.17) is 29.4 Å². The number of halogens is 1. The highest BCUT2D eigenvalue weighted by Crippen LogP contribution is 2.16. The van der Waals surface area contributed by atoms with Gasteiger partial charge in [-0.2, -0.15) is 9.97 Å². The van der Waals surface area contributed by atoms with Crippen LogP contribution < -0.4 is 17.2 Å². The zero-order valence-corrected chi connectivity index (χ0v) is 13.1. The molecule has 7 N–H and O–H groups in total. The van der Waals surface area contributed by atoms with E-state index >= 15 is 0 Å². The molecule has 0 fully saturated rings. The van der Waals surface area contributed by atoms with Crippen molar-refractivity contribution in [2.75, 3.05) is 17.2 Å². The summed E-state index contributed by atoms with van der Waals surface area (Å²) < 4.78 is 2.29. The predicted molar refractivity (Wildman–Crippen MR) is 92.3 cm³/mol. The van der Waals surface area contributed by atoms with Gasteiger partial charge in [-0.25, -0.2) is 9.97 Å². The fourth-order valence-corrected chi connectivity index (χ4v) is 2.37. The number of nitrogens with one attached hydrogen (secondary N) is 1. The van der Waals surface area contributed by atoms with Crippen LogP contribution in [0.5, 0.6) is 0 Å². The lowest BCUT2D eigenvalue weighted by Gasteiger charge is -1.94. The highest BCUT2D eigenvalue weighted by molar-refractivity contribution is 9.10. The van der Waals surface area contributed by atoms with Crippen LogP contribution in [0.1, 0.15) is 7.43 Å². The van der Waals surface area contributed by atoms with Gasteiger partial charge in [0.15, 0.2) is 9.60 Å². The van der Waals surface area contributed by atoms with Crippen molar-refractivity contribution in [3.8, 4) is 0 Å². The molecule has 0 saturated carbocycles. The van der Waals surface area contributed by atoms with Crippen LogP contribution in [0.3, 0.4) is 0 Å². The second kappa shape index (κ2) is 7.24. The minimum atomic E-state index is 0. The first-order valence-corrected chi connectivity index (χ1v) is 7.12. The summed E-state index contributed by atoms with van der Waals surface area (Å²) >= 11 is 9.47. The number of aromatic nitrogens is 5. The second-order valence-electron chi connectivity index (χ2n) is 3.42. The van der Waals surface area contributed by atoms with Crippen LogP contribution in [0.15, 0.2) is 16.9 Å². The van der Waals surface area contributed by atoms with Crippen molar-refractivity contribution in [2.24, 2.45) is 0 Å². The third-order valence-corrected chi connectivity index (χ3v) is 3.76. The molecule has 0 spiro atoms. The average molecular weight is 389 g/mol. The molecule has 0 aliphatic heterocycles. The van der Waals surface area contributed by atoms with Gasteiger partial charge < -0.3 is 22.2 Å². The zero-order chi connectivity index (χ0) is 14.7. The molecule has 0 unspecified atom stereocenters. The quantitative estimate of drug-likeness (QED) is 0.429. The van der Waals surface area contributed by atoms with Gasteiger partial charge in [0.05, 0.1) is 15.4 Å². The van der Waals surface area contributed by atoms with Gasteiger partial charge in [-0.1, -0.05) is 7.43 Å². The normalized spacial score (nSPS) is 9.57. The molecular formula is C10H13BrN8S2. The lowest BCUT2D eigenvalue weighted by atomic mass is 10.6. The summed E-state index contributed by atoms with van der Waals surface area (Å²) in [5.74, 6) is 0.819. The fraction of sp³-hybridized carbons (Fsp3) is 0.100. The van der Waals surface area contributed by atoms with E-state index in [0.29, 0.717) is 19.9 Å². The second-order valence-corrected chi connectivity index (χ2v) is 5.99. The van der Waals surface area contributed by atoms with Gasteiger partial charge in [-0.15, -0.1) is 11.3 Å². The number of fused-ring (bicyclic) bond motifs is 1. The summed E-state index contributed by atoms with van der Waals surface area (Å²) in [4.78, 5) is 18.0. The molecule has 0 aliphatic rings. The van der Waals surface area contributed by atoms with Gasteiger partial charge in [0.1, 0.15) is 5.82 Å². The molecule has 11 heteroatoms. The summed E-state index contributed by atoms with van der Waals surface area (Å²) in [6, 6.07) is 0. The Kier molecular flexibility index (Phi) is 5.93. The minimum absolute atomic E-state index is 0. The number of thiazole rings is 1. The van der Waals surface area contributed by atoms with Gasteiger partial charge in [0.25, 0.3) is 0 Å². The van der Waals surface area contributed by atoms with Gasteiger partial charge in [0.2, 0.25) is 11.9 Å². The maximum atomic E-state index is 5.36. The van der Waals surface area contributed by atoms with Crippen molar-refractivity contribution >= 4 is 67.5 Å². The van der Waals surface area contributed by atoms with Crippen LogP contribution >= 0.6 is 39.5 Å². The van der Waals surface area contributed by atoms with E-state index < -0.39 is 0 Å². The summed E-state index contributed by atoms with van der Waals surface area (Å²) in [6.07, 6.45) is 3.17. The topological polar surface area (TPSA) is 145 Å². The summed E-state index contributed by atoms with van der Waals surface area (Å²) in [5.41, 5.74) is 16.6. The summed E-state index contributed by atoms with van der Waals surface area (Å²) in [6.45, 7) is 0. The van der Waals surface area contributed by atoms with Gasteiger partial charge in [0, 0.05) is 6.20 Å². The smallest absolute Gasteiger partial charge is 0.222 e. The van der Waals surface area contributed by atoms with Gasteiger partial charge in [-0.3, -0.25) is 0 Å². The first-order chi connectivity index (χ1) is 9.45. The summed E-state index contributed by atoms with van der Waals surface area (Å²) in [5, 5.41) is 0. The van der Waals surface area contributed by atoms with Gasteiger partial charge >= 0.3 is 0 Å². The van der Waals surface area contributed by atoms with Crippen molar-refractivity contribution in [3.63, 3.8) is 0 Å². The Balaban J connectivity index is 0.000000205. The average Bonchev–Trinajstić information content (AvgIpc) is 2.74. The molecule has 21 heavy (non-hydrogen) atoms. The van der Waals surface area contributed by atoms with Crippen LogP contribution in [-0.4, -0.2) is 24.9 Å². The van der Waals surface area contributed by atoms with Crippen LogP contribution in [0.2, 0.25) is 0 Å². The molecule has 0 aliphatic carbocycles. The maximum absolute atomic E-state index is 5.36. The Morgan fingerprint density at radius 1 is 1.10 bits per heavy atom. The first-order valence-electron chi connectivity index (χ1n) is 5.10. The number of nitrogens with zero attached hydrogens (tertiary/aromatic N) is 4. The number of aromatic amines is 1. The highest BCUT2D eigenvalue weighted by atomic mass is 79.9. The molecular weight excluding hydrogens is 376 g/mol. The van der Waals surface area contributed by atoms with E-state index in [1.807, 2.05) is 0 Å². The molecule has 0 bridgehead atoms. The van der Waals surface area contributed by atoms with Crippen molar-refractivity contribution in [1.29, 1.82) is 0 Å². The summed E-state index contributed by atoms with van der Waals surface area (Å²) in [7, 11) is 0. The third kappa shape index (κ3) is 4.58. The van der Waals surface area contributed by atoms with E-state index in [2.05, 4.69) is 40.8 Å². The van der Waals surface area contributed by atoms with Gasteiger partial charge in [-0.05, 0) is 28.1 Å². The van der Waals surface area contributed by atoms with Crippen LogP contribution in [-0.2, 0) is 0 Å². The highest BCUT2D eigenvalue weighted by Gasteiger charge is 1.98. The van der Waals surface area contributed by atoms with Crippen molar-refractivity contribution < 1.29 is 0 Å². The van der Waals surface area contributed by atoms with E-state index in [-0.39, 0.29) is 19.3 Å². The number of anilines is 3. The number of nitrogen functional groups attached to an aromatic ring is 3. The molecule has 3 rings (SSSR count). The molecule has 0 radical (unpaired) electrons. The monoisotopic (exact) mass is 388 g/mol. The van der Waals surface area contributed by atoms with E-state index in [1.54, 1.807) is 6.20 Å². The SMILES string of the molecule is C.Nc1ncc(Br)c(N)n1.Nc1ncc2sc(=S)[nH]c2n1. The first kappa shape index (κ1) is 17.2. The lowest BCUT2D eigenvalue weighted by Crippen LogP contribution is -1.98. The molecule has 8 nitrogen and oxygen atoms in total. The maximum Gasteiger partial charge on any atom is 0.222 e. The molecule has 0 atom stereocenters. The van der Waals surface area contributed by atoms with Crippen molar-refractivity contribution in [2.45, 2.75) is 7.43 Å². The molecule has 112 valence electrons. The zero-order valence-electron chi connectivity index (χ0n) is 9.87. The van der Waals surface area contributed by atoms with Crippen LogP contribution in [0.4, 0.5) is 17.7 Å². The fourth-order valence-electron chi connectivity index (χ4n) is 1.17. The molecule has 3 aromatic heterocycles. The third-order valence-electron chi connectivity index (χ3n) is 1.99. The lowest BCUT2D eigenvalue weighted by molar-refractivity contribution is 1.18. The predicted octanol–water partition coefficient (Wildman–Crippen LogP) is 2.37. The number of H-pyrrole nitrogens is 1. The Morgan fingerprint density at radius 3 is 2.33 bits per heavy atom. The Morgan fingerprint density at radius 2 is 1.71 bits per heavy atom. The Bertz CT molecular complexity index is 799. The van der Waals surface area contributed by atoms with Crippen LogP contribution in [0, 0.1) is 3.95 Å². The Labute approximate surface area is 138 Å². The number of rotatable bonds is 0. The van der Waals surface area contributed by atoms with Crippen molar-refractivity contribution in [3.05, 3.63) is 20.8 Å². The van der Waals surface area contributed by atoms with Crippen molar-refractivity contribution in [1.82, 2.24) is 24.9 Å². The number of nitrogens with two attached hydrogens (primary N) is 3. The largest absolute Gasteiger partial charge is 0.383 e. The van der Waals surface area contributed by atoms with E-state index in [0.717, 1.165) is 4.70 Å². The van der Waals surface area contributed by atoms with Crippen LogP contribution in [0.25, 0.3) is 10.3 Å². The molecule has 0 saturated heterocycles. The Hall–Kier alpha value is -1.85. The molecule has 0 amide bonds. The van der Waals surface area contributed by atoms with E-state index in [1.165, 1.54) is 17.5 Å². The standard InChI is InChI=1S/C5H4N4S2.C4H5BrN4.CH4/c6-4-7-1-2-3(8-4)9-5(10)11-2;5-2-1-8-4(7)9-3(2)6;/h1H,(H3,6,7,8,9,10);1H,(H4,6,7,8,9);1H4. The number of hydrogen-bond donors (Lipinski definition) is 4. The molecule has 0 aromatic carbocycles. The molecule has 3 aromatic rings.